The number of aliphatic hydroxyl groups excluding tert-OH is 1. The van der Waals surface area contributed by atoms with Crippen molar-refractivity contribution >= 4 is 21.8 Å². The molecular weight excluding hydrogens is 410 g/mol. The SMILES string of the molecule is CCO[C@@H]1OC(C(=O)NCC2CC2)=C[C@H](c2ccc(Br)cc2)[C@@H]1CCCO. The number of carbonyl (C=O) groups is 1. The van der Waals surface area contributed by atoms with E-state index in [1.807, 2.05) is 25.1 Å². The Morgan fingerprint density at radius 2 is 2.07 bits per heavy atom. The summed E-state index contributed by atoms with van der Waals surface area (Å²) in [7, 11) is 0. The van der Waals surface area contributed by atoms with Gasteiger partial charge < -0.3 is 19.9 Å². The predicted molar refractivity (Wildman–Crippen MR) is 107 cm³/mol. The Labute approximate surface area is 169 Å². The van der Waals surface area contributed by atoms with Crippen LogP contribution in [-0.2, 0) is 14.3 Å². The summed E-state index contributed by atoms with van der Waals surface area (Å²) in [6, 6.07) is 8.13. The van der Waals surface area contributed by atoms with Crippen LogP contribution in [0, 0.1) is 11.8 Å². The topological polar surface area (TPSA) is 67.8 Å². The largest absolute Gasteiger partial charge is 0.459 e. The van der Waals surface area contributed by atoms with Crippen LogP contribution in [0.15, 0.2) is 40.6 Å². The molecule has 1 fully saturated rings. The van der Waals surface area contributed by atoms with Crippen LogP contribution in [0.3, 0.4) is 0 Å². The van der Waals surface area contributed by atoms with E-state index in [0.29, 0.717) is 31.2 Å². The van der Waals surface area contributed by atoms with Crippen LogP contribution in [0.1, 0.15) is 44.1 Å². The number of rotatable bonds is 9. The highest BCUT2D eigenvalue weighted by Crippen LogP contribution is 2.39. The monoisotopic (exact) mass is 437 g/mol. The number of nitrogens with one attached hydrogen (secondary N) is 1. The minimum atomic E-state index is -0.498. The number of hydrogen-bond donors (Lipinski definition) is 2. The van der Waals surface area contributed by atoms with E-state index in [9.17, 15) is 9.90 Å². The number of halogens is 1. The summed E-state index contributed by atoms with van der Waals surface area (Å²) in [6.45, 7) is 3.26. The van der Waals surface area contributed by atoms with Crippen molar-refractivity contribution in [3.05, 3.63) is 46.1 Å². The Kier molecular flexibility index (Phi) is 7.33. The zero-order valence-electron chi connectivity index (χ0n) is 15.7. The third kappa shape index (κ3) is 5.56. The fourth-order valence-electron chi connectivity index (χ4n) is 3.48. The van der Waals surface area contributed by atoms with Gasteiger partial charge in [0.2, 0.25) is 6.29 Å². The molecule has 0 aromatic heterocycles. The lowest BCUT2D eigenvalue weighted by atomic mass is 9.80. The molecule has 1 aromatic rings. The third-order valence-electron chi connectivity index (χ3n) is 5.14. The first-order valence-corrected chi connectivity index (χ1v) is 10.6. The summed E-state index contributed by atoms with van der Waals surface area (Å²) in [4.78, 5) is 12.6. The highest BCUT2D eigenvalue weighted by Gasteiger charge is 2.38. The van der Waals surface area contributed by atoms with Crippen LogP contribution < -0.4 is 5.32 Å². The predicted octanol–water partition coefficient (Wildman–Crippen LogP) is 3.72. The van der Waals surface area contributed by atoms with Gasteiger partial charge in [-0.25, -0.2) is 0 Å². The van der Waals surface area contributed by atoms with E-state index in [0.717, 1.165) is 16.5 Å². The normalized spacial score (nSPS) is 24.9. The number of allylic oxidation sites excluding steroid dienone is 1. The third-order valence-corrected chi connectivity index (χ3v) is 5.67. The van der Waals surface area contributed by atoms with Gasteiger partial charge in [-0.15, -0.1) is 0 Å². The van der Waals surface area contributed by atoms with E-state index in [2.05, 4.69) is 33.4 Å². The van der Waals surface area contributed by atoms with E-state index in [-0.39, 0.29) is 24.3 Å². The van der Waals surface area contributed by atoms with Gasteiger partial charge in [-0.3, -0.25) is 4.79 Å². The zero-order chi connectivity index (χ0) is 19.2. The molecule has 6 heteroatoms. The molecule has 27 heavy (non-hydrogen) atoms. The maximum absolute atomic E-state index is 12.6. The second-order valence-electron chi connectivity index (χ2n) is 7.23. The smallest absolute Gasteiger partial charge is 0.286 e. The molecule has 1 aromatic carbocycles. The van der Waals surface area contributed by atoms with Crippen LogP contribution in [-0.4, -0.2) is 37.1 Å². The van der Waals surface area contributed by atoms with Crippen molar-refractivity contribution in [3.8, 4) is 0 Å². The number of carbonyl (C=O) groups excluding carboxylic acids is 1. The van der Waals surface area contributed by atoms with Crippen molar-refractivity contribution in [1.82, 2.24) is 5.32 Å². The van der Waals surface area contributed by atoms with Crippen molar-refractivity contribution in [1.29, 1.82) is 0 Å². The molecule has 148 valence electrons. The van der Waals surface area contributed by atoms with Gasteiger partial charge in [0.25, 0.3) is 5.91 Å². The Bertz CT molecular complexity index is 657. The lowest BCUT2D eigenvalue weighted by Crippen LogP contribution is -2.39. The van der Waals surface area contributed by atoms with Gasteiger partial charge in [-0.2, -0.15) is 0 Å². The van der Waals surface area contributed by atoms with E-state index in [4.69, 9.17) is 9.47 Å². The van der Waals surface area contributed by atoms with E-state index >= 15 is 0 Å². The summed E-state index contributed by atoms with van der Waals surface area (Å²) in [6.07, 6.45) is 5.22. The van der Waals surface area contributed by atoms with Gasteiger partial charge in [0.1, 0.15) is 0 Å². The van der Waals surface area contributed by atoms with Crippen LogP contribution in [0.25, 0.3) is 0 Å². The Morgan fingerprint density at radius 1 is 1.33 bits per heavy atom. The lowest BCUT2D eigenvalue weighted by molar-refractivity contribution is -0.166. The van der Waals surface area contributed by atoms with Crippen LogP contribution >= 0.6 is 15.9 Å². The summed E-state index contributed by atoms with van der Waals surface area (Å²) in [5, 5.41) is 12.3. The van der Waals surface area contributed by atoms with Gasteiger partial charge >= 0.3 is 0 Å². The maximum Gasteiger partial charge on any atom is 0.286 e. The molecule has 1 aliphatic carbocycles. The Morgan fingerprint density at radius 3 is 2.70 bits per heavy atom. The van der Waals surface area contributed by atoms with Crippen LogP contribution in [0.5, 0.6) is 0 Å². The molecule has 1 heterocycles. The molecule has 3 atom stereocenters. The molecule has 3 rings (SSSR count). The first-order chi connectivity index (χ1) is 13.1. The molecule has 5 nitrogen and oxygen atoms in total. The molecule has 2 N–H and O–H groups in total. The molecule has 0 radical (unpaired) electrons. The first-order valence-electron chi connectivity index (χ1n) is 9.77. The zero-order valence-corrected chi connectivity index (χ0v) is 17.3. The number of benzene rings is 1. The lowest BCUT2D eigenvalue weighted by Gasteiger charge is -2.37. The highest BCUT2D eigenvalue weighted by atomic mass is 79.9. The van der Waals surface area contributed by atoms with Crippen molar-refractivity contribution < 1.29 is 19.4 Å². The fraction of sp³-hybridized carbons (Fsp3) is 0.571. The molecule has 0 saturated heterocycles. The number of amides is 1. The Hall–Kier alpha value is -1.37. The molecule has 0 bridgehead atoms. The summed E-state index contributed by atoms with van der Waals surface area (Å²) in [5.41, 5.74) is 1.11. The standard InChI is InChI=1S/C21H28BrNO4/c1-2-26-21-17(4-3-11-24)18(15-7-9-16(22)10-8-15)12-19(27-21)20(25)23-13-14-5-6-14/h7-10,12,14,17-18,21,24H,2-6,11,13H2,1H3,(H,23,25)/t17-,18+,21+/m0/s1. The van der Waals surface area contributed by atoms with E-state index in [1.54, 1.807) is 0 Å². The van der Waals surface area contributed by atoms with E-state index in [1.165, 1.54) is 12.8 Å². The van der Waals surface area contributed by atoms with Gasteiger partial charge in [0, 0.05) is 36.1 Å². The van der Waals surface area contributed by atoms with Gasteiger partial charge in [-0.1, -0.05) is 28.1 Å². The molecular formula is C21H28BrNO4. The summed E-state index contributed by atoms with van der Waals surface area (Å²) >= 11 is 3.48. The van der Waals surface area contributed by atoms with Crippen molar-refractivity contribution in [2.24, 2.45) is 11.8 Å². The maximum atomic E-state index is 12.6. The van der Waals surface area contributed by atoms with Crippen molar-refractivity contribution in [2.75, 3.05) is 19.8 Å². The van der Waals surface area contributed by atoms with Gasteiger partial charge in [-0.05, 0) is 62.3 Å². The average Bonchev–Trinajstić information content (AvgIpc) is 3.50. The molecule has 0 spiro atoms. The van der Waals surface area contributed by atoms with Crippen LogP contribution in [0.4, 0.5) is 0 Å². The fourth-order valence-corrected chi connectivity index (χ4v) is 3.74. The van der Waals surface area contributed by atoms with Gasteiger partial charge in [0.05, 0.1) is 0 Å². The quantitative estimate of drug-likeness (QED) is 0.617. The highest BCUT2D eigenvalue weighted by molar-refractivity contribution is 9.10. The minimum absolute atomic E-state index is 0.00313. The minimum Gasteiger partial charge on any atom is -0.459 e. The summed E-state index contributed by atoms with van der Waals surface area (Å²) in [5.74, 6) is 0.812. The second kappa shape index (κ2) is 9.71. The van der Waals surface area contributed by atoms with E-state index < -0.39 is 6.29 Å². The second-order valence-corrected chi connectivity index (χ2v) is 8.15. The number of hydrogen-bond acceptors (Lipinski definition) is 4. The molecule has 0 unspecified atom stereocenters. The summed E-state index contributed by atoms with van der Waals surface area (Å²) < 4.78 is 12.8. The molecule has 1 aliphatic heterocycles. The van der Waals surface area contributed by atoms with Crippen LogP contribution in [0.2, 0.25) is 0 Å². The average molecular weight is 438 g/mol. The number of aliphatic hydroxyl groups is 1. The first kappa shape index (κ1) is 20.4. The van der Waals surface area contributed by atoms with Gasteiger partial charge in [0.15, 0.2) is 5.76 Å². The molecule has 1 amide bonds. The molecule has 2 aliphatic rings. The van der Waals surface area contributed by atoms with Crippen molar-refractivity contribution in [3.63, 3.8) is 0 Å². The molecule has 1 saturated carbocycles. The Balaban J connectivity index is 1.86. The van der Waals surface area contributed by atoms with Crippen molar-refractivity contribution in [2.45, 2.75) is 44.8 Å². The number of ether oxygens (including phenoxy) is 2.